The zero-order valence-corrected chi connectivity index (χ0v) is 17.7. The largest absolute Gasteiger partial charge is 0.492 e. The lowest BCUT2D eigenvalue weighted by molar-refractivity contribution is -0.116. The van der Waals surface area contributed by atoms with Crippen LogP contribution in [0, 0.1) is 0 Å². The fourth-order valence-corrected chi connectivity index (χ4v) is 4.81. The van der Waals surface area contributed by atoms with Gasteiger partial charge in [-0.2, -0.15) is 0 Å². The number of carbonyl (C=O) groups is 1. The van der Waals surface area contributed by atoms with Gasteiger partial charge >= 0.3 is 0 Å². The van der Waals surface area contributed by atoms with Crippen molar-refractivity contribution in [1.82, 2.24) is 9.55 Å². The number of fused-ring (bicyclic) bond motifs is 1. The second-order valence-corrected chi connectivity index (χ2v) is 8.35. The van der Waals surface area contributed by atoms with Gasteiger partial charge in [0, 0.05) is 20.8 Å². The van der Waals surface area contributed by atoms with Crippen LogP contribution in [0.3, 0.4) is 0 Å². The van der Waals surface area contributed by atoms with E-state index in [9.17, 15) is 9.59 Å². The number of benzene rings is 1. The molecule has 1 N–H and O–H groups in total. The first-order valence-electron chi connectivity index (χ1n) is 8.79. The van der Waals surface area contributed by atoms with Gasteiger partial charge in [-0.1, -0.05) is 17.7 Å². The van der Waals surface area contributed by atoms with Gasteiger partial charge in [-0.25, -0.2) is 4.98 Å². The first kappa shape index (κ1) is 19.6. The summed E-state index contributed by atoms with van der Waals surface area (Å²) in [4.78, 5) is 31.6. The SMILES string of the molecule is CCOc1ccc(Cl)cc1NC(=O)Cn1cnc2scc(-c3cccs3)c2c1=O. The minimum atomic E-state index is -0.371. The van der Waals surface area contributed by atoms with Gasteiger partial charge < -0.3 is 10.1 Å². The van der Waals surface area contributed by atoms with Gasteiger partial charge in [-0.15, -0.1) is 22.7 Å². The molecule has 0 radical (unpaired) electrons. The van der Waals surface area contributed by atoms with Crippen molar-refractivity contribution in [3.05, 3.63) is 62.8 Å². The molecule has 29 heavy (non-hydrogen) atoms. The minimum Gasteiger partial charge on any atom is -0.492 e. The Morgan fingerprint density at radius 1 is 1.31 bits per heavy atom. The molecule has 0 bridgehead atoms. The van der Waals surface area contributed by atoms with Crippen LogP contribution in [0.25, 0.3) is 20.7 Å². The van der Waals surface area contributed by atoms with E-state index >= 15 is 0 Å². The first-order chi connectivity index (χ1) is 14.1. The molecule has 148 valence electrons. The third kappa shape index (κ3) is 4.05. The molecular weight excluding hydrogens is 430 g/mol. The predicted molar refractivity (Wildman–Crippen MR) is 118 cm³/mol. The summed E-state index contributed by atoms with van der Waals surface area (Å²) < 4.78 is 6.83. The number of rotatable bonds is 6. The number of ether oxygens (including phenoxy) is 1. The summed E-state index contributed by atoms with van der Waals surface area (Å²) in [5.74, 6) is 0.147. The Bertz CT molecular complexity index is 1230. The molecule has 9 heteroatoms. The van der Waals surface area contributed by atoms with Crippen LogP contribution in [0.2, 0.25) is 5.02 Å². The molecule has 0 saturated carbocycles. The number of amides is 1. The standard InChI is InChI=1S/C20H16ClN3O3S2/c1-2-27-15-6-5-12(21)8-14(15)23-17(25)9-24-11-22-19-18(20(24)26)13(10-29-19)16-4-3-7-28-16/h3-8,10-11H,2,9H2,1H3,(H,23,25). The summed E-state index contributed by atoms with van der Waals surface area (Å²) in [5.41, 5.74) is 1.06. The van der Waals surface area contributed by atoms with Crippen LogP contribution in [-0.2, 0) is 11.3 Å². The number of nitrogens with one attached hydrogen (secondary N) is 1. The monoisotopic (exact) mass is 445 g/mol. The lowest BCUT2D eigenvalue weighted by Gasteiger charge is -2.12. The molecule has 0 aliphatic carbocycles. The highest BCUT2D eigenvalue weighted by molar-refractivity contribution is 7.18. The fourth-order valence-electron chi connectivity index (χ4n) is 2.92. The van der Waals surface area contributed by atoms with Crippen LogP contribution in [0.15, 0.2) is 52.2 Å². The van der Waals surface area contributed by atoms with Gasteiger partial charge in [0.1, 0.15) is 17.1 Å². The summed E-state index contributed by atoms with van der Waals surface area (Å²) in [5, 5.41) is 7.66. The van der Waals surface area contributed by atoms with E-state index in [1.807, 2.05) is 29.8 Å². The lowest BCUT2D eigenvalue weighted by Crippen LogP contribution is -2.28. The minimum absolute atomic E-state index is 0.167. The van der Waals surface area contributed by atoms with Crippen molar-refractivity contribution in [2.45, 2.75) is 13.5 Å². The van der Waals surface area contributed by atoms with E-state index in [4.69, 9.17) is 16.3 Å². The number of anilines is 1. The van der Waals surface area contributed by atoms with E-state index in [1.165, 1.54) is 22.2 Å². The second-order valence-electron chi connectivity index (χ2n) is 6.11. The molecule has 0 aliphatic rings. The maximum absolute atomic E-state index is 13.0. The Labute approximate surface area is 179 Å². The summed E-state index contributed by atoms with van der Waals surface area (Å²) >= 11 is 9.01. The molecular formula is C20H16ClN3O3S2. The van der Waals surface area contributed by atoms with Gasteiger partial charge in [-0.05, 0) is 36.6 Å². The number of nitrogens with zero attached hydrogens (tertiary/aromatic N) is 2. The Morgan fingerprint density at radius 2 is 2.17 bits per heavy atom. The third-order valence-electron chi connectivity index (χ3n) is 4.18. The Balaban J connectivity index is 1.62. The number of hydrogen-bond donors (Lipinski definition) is 1. The van der Waals surface area contributed by atoms with Crippen LogP contribution in [0.4, 0.5) is 5.69 Å². The lowest BCUT2D eigenvalue weighted by atomic mass is 10.2. The van der Waals surface area contributed by atoms with Gasteiger partial charge in [0.05, 0.1) is 24.0 Å². The molecule has 1 amide bonds. The third-order valence-corrected chi connectivity index (χ3v) is 6.20. The van der Waals surface area contributed by atoms with E-state index in [-0.39, 0.29) is 18.0 Å². The maximum Gasteiger partial charge on any atom is 0.263 e. The molecule has 0 fully saturated rings. The zero-order chi connectivity index (χ0) is 20.4. The second kappa shape index (κ2) is 8.36. The molecule has 1 aromatic carbocycles. The molecule has 4 rings (SSSR count). The van der Waals surface area contributed by atoms with Crippen molar-refractivity contribution in [3.63, 3.8) is 0 Å². The van der Waals surface area contributed by atoms with Crippen molar-refractivity contribution >= 4 is 56.1 Å². The maximum atomic E-state index is 13.0. The van der Waals surface area contributed by atoms with Crippen molar-refractivity contribution in [3.8, 4) is 16.2 Å². The first-order valence-corrected chi connectivity index (χ1v) is 10.9. The molecule has 4 aromatic rings. The molecule has 6 nitrogen and oxygen atoms in total. The molecule has 0 atom stereocenters. The highest BCUT2D eigenvalue weighted by atomic mass is 35.5. The van der Waals surface area contributed by atoms with Crippen LogP contribution in [0.1, 0.15) is 6.92 Å². The highest BCUT2D eigenvalue weighted by Crippen LogP contribution is 2.33. The summed E-state index contributed by atoms with van der Waals surface area (Å²) in [6, 6.07) is 8.90. The van der Waals surface area contributed by atoms with Crippen LogP contribution in [-0.4, -0.2) is 22.1 Å². The van der Waals surface area contributed by atoms with Crippen molar-refractivity contribution in [1.29, 1.82) is 0 Å². The Kier molecular flexibility index (Phi) is 5.66. The molecule has 0 unspecified atom stereocenters. The summed E-state index contributed by atoms with van der Waals surface area (Å²) in [6.45, 7) is 2.14. The number of thiophene rings is 2. The topological polar surface area (TPSA) is 73.2 Å². The van der Waals surface area contributed by atoms with Gasteiger partial charge in [0.15, 0.2) is 0 Å². The van der Waals surface area contributed by atoms with Gasteiger partial charge in [0.25, 0.3) is 5.56 Å². The van der Waals surface area contributed by atoms with E-state index in [2.05, 4.69) is 10.3 Å². The van der Waals surface area contributed by atoms with Gasteiger partial charge in [0.2, 0.25) is 5.91 Å². The van der Waals surface area contributed by atoms with Crippen LogP contribution in [0.5, 0.6) is 5.75 Å². The van der Waals surface area contributed by atoms with Crippen molar-refractivity contribution in [2.24, 2.45) is 0 Å². The van der Waals surface area contributed by atoms with E-state index in [0.717, 1.165) is 10.4 Å². The average Bonchev–Trinajstić information content (AvgIpc) is 3.36. The predicted octanol–water partition coefficient (Wildman–Crippen LogP) is 4.88. The number of aromatic nitrogens is 2. The van der Waals surface area contributed by atoms with Crippen LogP contribution < -0.4 is 15.6 Å². The normalized spacial score (nSPS) is 11.0. The molecule has 0 aliphatic heterocycles. The quantitative estimate of drug-likeness (QED) is 0.459. The van der Waals surface area contributed by atoms with Crippen molar-refractivity contribution in [2.75, 3.05) is 11.9 Å². The number of halogens is 1. The molecule has 0 spiro atoms. The smallest absolute Gasteiger partial charge is 0.263 e. The van der Waals surface area contributed by atoms with E-state index < -0.39 is 0 Å². The molecule has 3 heterocycles. The number of carbonyl (C=O) groups excluding carboxylic acids is 1. The highest BCUT2D eigenvalue weighted by Gasteiger charge is 2.16. The van der Waals surface area contributed by atoms with Gasteiger partial charge in [-0.3, -0.25) is 14.2 Å². The van der Waals surface area contributed by atoms with E-state index in [0.29, 0.717) is 33.3 Å². The fraction of sp³-hybridized carbons (Fsp3) is 0.150. The summed E-state index contributed by atoms with van der Waals surface area (Å²) in [7, 11) is 0. The summed E-state index contributed by atoms with van der Waals surface area (Å²) in [6.07, 6.45) is 1.40. The average molecular weight is 446 g/mol. The molecule has 3 aromatic heterocycles. The van der Waals surface area contributed by atoms with Crippen LogP contribution >= 0.6 is 34.3 Å². The van der Waals surface area contributed by atoms with E-state index in [1.54, 1.807) is 29.5 Å². The van der Waals surface area contributed by atoms with Crippen molar-refractivity contribution < 1.29 is 9.53 Å². The Morgan fingerprint density at radius 3 is 2.93 bits per heavy atom. The number of hydrogen-bond acceptors (Lipinski definition) is 6. The molecule has 0 saturated heterocycles. The zero-order valence-electron chi connectivity index (χ0n) is 15.3. The Hall–Kier alpha value is -2.68.